The van der Waals surface area contributed by atoms with Crippen LogP contribution in [0.1, 0.15) is 40.8 Å². The summed E-state index contributed by atoms with van der Waals surface area (Å²) in [5.74, 6) is 1.34. The second kappa shape index (κ2) is 12.4. The maximum absolute atomic E-state index is 13.0. The summed E-state index contributed by atoms with van der Waals surface area (Å²) in [6.45, 7) is 0.533. The van der Waals surface area contributed by atoms with E-state index in [-0.39, 0.29) is 5.56 Å². The van der Waals surface area contributed by atoms with Crippen LogP contribution in [0.25, 0.3) is 22.0 Å². The van der Waals surface area contributed by atoms with Gasteiger partial charge in [0.05, 0.1) is 25.3 Å². The molecule has 0 spiro atoms. The Labute approximate surface area is 277 Å². The lowest BCUT2D eigenvalue weighted by molar-refractivity contribution is 0.414. The van der Waals surface area contributed by atoms with E-state index in [1.165, 1.54) is 0 Å². The van der Waals surface area contributed by atoms with Gasteiger partial charge in [0, 0.05) is 47.3 Å². The van der Waals surface area contributed by atoms with Crippen molar-refractivity contribution in [1.29, 1.82) is 0 Å². The van der Waals surface area contributed by atoms with Gasteiger partial charge in [0.2, 0.25) is 5.56 Å². The number of aromatic nitrogens is 4. The molecule has 1 atom stereocenters. The Bertz CT molecular complexity index is 2090. The third-order valence-electron chi connectivity index (χ3n) is 8.92. The van der Waals surface area contributed by atoms with Gasteiger partial charge in [-0.15, -0.1) is 0 Å². The largest absolute Gasteiger partial charge is 0.497 e. The van der Waals surface area contributed by atoms with E-state index < -0.39 is 5.54 Å². The summed E-state index contributed by atoms with van der Waals surface area (Å²) in [5.41, 5.74) is 6.62. The fourth-order valence-electron chi connectivity index (χ4n) is 6.51. The van der Waals surface area contributed by atoms with E-state index in [2.05, 4.69) is 38.5 Å². The SMILES string of the molecule is COc1ccc(CNC(c2ccc(Cl)nc2)(c2ccc3[nH]c(=O)cc(-c4cccc(Cl)c4)c3c2CC2CC2)c2cncn2C)cc1. The molecular formula is C37H33Cl2N5O2. The zero-order valence-corrected chi connectivity index (χ0v) is 27.1. The second-order valence-corrected chi connectivity index (χ2v) is 12.8. The molecule has 0 amide bonds. The van der Waals surface area contributed by atoms with Crippen LogP contribution in [0.15, 0.2) is 102 Å². The highest BCUT2D eigenvalue weighted by molar-refractivity contribution is 6.31. The molecular weight excluding hydrogens is 617 g/mol. The van der Waals surface area contributed by atoms with Gasteiger partial charge in [-0.25, -0.2) is 9.97 Å². The minimum atomic E-state index is -0.900. The molecule has 7 rings (SSSR count). The number of halogens is 2. The number of pyridine rings is 2. The average Bonchev–Trinajstić information content (AvgIpc) is 3.78. The van der Waals surface area contributed by atoms with Crippen LogP contribution in [0.2, 0.25) is 10.2 Å². The van der Waals surface area contributed by atoms with Gasteiger partial charge in [0.15, 0.2) is 0 Å². The van der Waals surface area contributed by atoms with Crippen molar-refractivity contribution in [3.8, 4) is 16.9 Å². The summed E-state index contributed by atoms with van der Waals surface area (Å²) in [7, 11) is 3.67. The van der Waals surface area contributed by atoms with Crippen LogP contribution in [-0.4, -0.2) is 26.6 Å². The van der Waals surface area contributed by atoms with E-state index in [4.69, 9.17) is 27.9 Å². The van der Waals surface area contributed by atoms with E-state index >= 15 is 0 Å². The molecule has 1 aliphatic carbocycles. The van der Waals surface area contributed by atoms with Crippen LogP contribution in [0.5, 0.6) is 5.75 Å². The lowest BCUT2D eigenvalue weighted by Gasteiger charge is -2.38. The molecule has 0 bridgehead atoms. The van der Waals surface area contributed by atoms with Crippen molar-refractivity contribution in [3.05, 3.63) is 146 Å². The van der Waals surface area contributed by atoms with Crippen LogP contribution in [0.4, 0.5) is 0 Å². The highest BCUT2D eigenvalue weighted by Gasteiger charge is 2.42. The second-order valence-electron chi connectivity index (χ2n) is 11.9. The smallest absolute Gasteiger partial charge is 0.249 e. The first-order valence-corrected chi connectivity index (χ1v) is 16.0. The van der Waals surface area contributed by atoms with E-state index in [1.807, 2.05) is 84.9 Å². The van der Waals surface area contributed by atoms with Crippen molar-refractivity contribution in [3.63, 3.8) is 0 Å². The number of hydrogen-bond donors (Lipinski definition) is 2. The predicted molar refractivity (Wildman–Crippen MR) is 184 cm³/mol. The highest BCUT2D eigenvalue weighted by atomic mass is 35.5. The molecule has 3 aromatic carbocycles. The van der Waals surface area contributed by atoms with Gasteiger partial charge in [-0.2, -0.15) is 0 Å². The Kier molecular flexibility index (Phi) is 8.15. The molecule has 0 aliphatic heterocycles. The van der Waals surface area contributed by atoms with Gasteiger partial charge < -0.3 is 14.3 Å². The third kappa shape index (κ3) is 5.71. The van der Waals surface area contributed by atoms with Gasteiger partial charge in [-0.3, -0.25) is 10.1 Å². The van der Waals surface area contributed by atoms with Crippen LogP contribution in [-0.2, 0) is 25.6 Å². The Morgan fingerprint density at radius 3 is 2.52 bits per heavy atom. The van der Waals surface area contributed by atoms with Gasteiger partial charge >= 0.3 is 0 Å². The fraction of sp³-hybridized carbons (Fsp3) is 0.216. The number of H-pyrrole nitrogens is 1. The Morgan fingerprint density at radius 2 is 1.85 bits per heavy atom. The number of aromatic amines is 1. The van der Waals surface area contributed by atoms with Crippen molar-refractivity contribution in [1.82, 2.24) is 24.8 Å². The standard InChI is InChI=1S/C37H33Cl2N5O2/c1-44-22-40-21-33(44)37(26-10-15-34(39)41-20-26,42-19-24-8-11-28(46-2)12-9-24)31-13-14-32-36(30(31)16-23-6-7-23)29(18-35(45)43-32)25-4-3-5-27(38)17-25/h3-5,8-15,17-18,20-23,42H,6-7,16,19H2,1-2H3,(H,43,45). The summed E-state index contributed by atoms with van der Waals surface area (Å²) in [4.78, 5) is 25.3. The van der Waals surface area contributed by atoms with Crippen LogP contribution in [0, 0.1) is 5.92 Å². The van der Waals surface area contributed by atoms with E-state index in [9.17, 15) is 4.79 Å². The minimum absolute atomic E-state index is 0.162. The van der Waals surface area contributed by atoms with Gasteiger partial charge in [-0.05, 0) is 89.4 Å². The third-order valence-corrected chi connectivity index (χ3v) is 9.38. The Morgan fingerprint density at radius 1 is 1.02 bits per heavy atom. The molecule has 0 saturated heterocycles. The van der Waals surface area contributed by atoms with E-state index in [1.54, 1.807) is 13.2 Å². The molecule has 6 aromatic rings. The number of rotatable bonds is 10. The maximum Gasteiger partial charge on any atom is 0.249 e. The Hall–Kier alpha value is -4.43. The molecule has 3 aromatic heterocycles. The normalized spacial score (nSPS) is 14.3. The van der Waals surface area contributed by atoms with Gasteiger partial charge in [-0.1, -0.05) is 59.6 Å². The predicted octanol–water partition coefficient (Wildman–Crippen LogP) is 7.67. The van der Waals surface area contributed by atoms with E-state index in [0.29, 0.717) is 22.6 Å². The average molecular weight is 651 g/mol. The molecule has 46 heavy (non-hydrogen) atoms. The lowest BCUT2D eigenvalue weighted by atomic mass is 9.75. The highest BCUT2D eigenvalue weighted by Crippen LogP contribution is 2.45. The summed E-state index contributed by atoms with van der Waals surface area (Å²) in [6, 6.07) is 25.5. The molecule has 2 N–H and O–H groups in total. The summed E-state index contributed by atoms with van der Waals surface area (Å²) >= 11 is 12.9. The molecule has 0 radical (unpaired) electrons. The molecule has 1 fully saturated rings. The number of imidazole rings is 1. The molecule has 1 aliphatic rings. The first-order chi connectivity index (χ1) is 22.4. The van der Waals surface area contributed by atoms with Crippen molar-refractivity contribution in [2.24, 2.45) is 13.0 Å². The number of aryl methyl sites for hydroxylation is 1. The molecule has 9 heteroatoms. The number of methoxy groups -OCH3 is 1. The van der Waals surface area contributed by atoms with Crippen molar-refractivity contribution in [2.75, 3.05) is 7.11 Å². The monoisotopic (exact) mass is 649 g/mol. The van der Waals surface area contributed by atoms with Crippen molar-refractivity contribution >= 4 is 34.1 Å². The molecule has 7 nitrogen and oxygen atoms in total. The molecule has 3 heterocycles. The van der Waals surface area contributed by atoms with Crippen LogP contribution >= 0.6 is 23.2 Å². The fourth-order valence-corrected chi connectivity index (χ4v) is 6.81. The van der Waals surface area contributed by atoms with Crippen LogP contribution < -0.4 is 15.6 Å². The molecule has 1 saturated carbocycles. The quantitative estimate of drug-likeness (QED) is 0.149. The van der Waals surface area contributed by atoms with E-state index in [0.717, 1.165) is 75.0 Å². The van der Waals surface area contributed by atoms with Gasteiger partial charge in [0.1, 0.15) is 16.4 Å². The van der Waals surface area contributed by atoms with Crippen molar-refractivity contribution < 1.29 is 4.74 Å². The Balaban J connectivity index is 1.55. The number of hydrogen-bond acceptors (Lipinski definition) is 5. The van der Waals surface area contributed by atoms with Crippen LogP contribution in [0.3, 0.4) is 0 Å². The summed E-state index contributed by atoms with van der Waals surface area (Å²) < 4.78 is 7.46. The molecule has 1 unspecified atom stereocenters. The summed E-state index contributed by atoms with van der Waals surface area (Å²) in [5, 5.41) is 6.02. The lowest BCUT2D eigenvalue weighted by Crippen LogP contribution is -2.46. The number of nitrogens with one attached hydrogen (secondary N) is 2. The number of benzene rings is 3. The molecule has 232 valence electrons. The maximum atomic E-state index is 13.0. The number of nitrogens with zero attached hydrogens (tertiary/aromatic N) is 3. The summed E-state index contributed by atoms with van der Waals surface area (Å²) in [6.07, 6.45) is 8.73. The number of fused-ring (bicyclic) bond motifs is 1. The first kappa shape index (κ1) is 30.2. The van der Waals surface area contributed by atoms with Gasteiger partial charge in [0.25, 0.3) is 0 Å². The zero-order chi connectivity index (χ0) is 31.8. The van der Waals surface area contributed by atoms with Crippen molar-refractivity contribution in [2.45, 2.75) is 31.3 Å². The number of ether oxygens (including phenoxy) is 1. The minimum Gasteiger partial charge on any atom is -0.497 e. The first-order valence-electron chi connectivity index (χ1n) is 15.3. The topological polar surface area (TPSA) is 84.8 Å². The zero-order valence-electron chi connectivity index (χ0n) is 25.6.